The third-order valence-electron chi connectivity index (χ3n) is 2.54. The molecule has 2 atom stereocenters. The van der Waals surface area contributed by atoms with E-state index in [0.717, 1.165) is 5.56 Å². The molecule has 0 saturated carbocycles. The Morgan fingerprint density at radius 3 is 2.57 bits per heavy atom. The molecule has 0 radical (unpaired) electrons. The Morgan fingerprint density at radius 2 is 2.07 bits per heavy atom. The van der Waals surface area contributed by atoms with Crippen molar-refractivity contribution in [1.82, 2.24) is 4.98 Å². The molecule has 0 aromatic carbocycles. The lowest BCUT2D eigenvalue weighted by atomic mass is 9.92. The molecule has 0 aliphatic rings. The lowest BCUT2D eigenvalue weighted by Crippen LogP contribution is -2.40. The molecule has 3 heteroatoms. The van der Waals surface area contributed by atoms with Crippen LogP contribution >= 0.6 is 0 Å². The van der Waals surface area contributed by atoms with Gasteiger partial charge >= 0.3 is 0 Å². The van der Waals surface area contributed by atoms with Crippen molar-refractivity contribution in [2.45, 2.75) is 32.0 Å². The van der Waals surface area contributed by atoms with Crippen molar-refractivity contribution in [2.75, 3.05) is 7.11 Å². The molecule has 3 nitrogen and oxygen atoms in total. The standard InChI is InChI=1S/C11H17NO2/c1-9(14-3)11(2,13)8-10-4-6-12-7-5-10/h4-7,9,13H,8H2,1-3H3. The summed E-state index contributed by atoms with van der Waals surface area (Å²) in [7, 11) is 1.60. The van der Waals surface area contributed by atoms with Gasteiger partial charge in [0.1, 0.15) is 0 Å². The van der Waals surface area contributed by atoms with Crippen molar-refractivity contribution < 1.29 is 9.84 Å². The van der Waals surface area contributed by atoms with E-state index in [1.54, 1.807) is 26.4 Å². The summed E-state index contributed by atoms with van der Waals surface area (Å²) >= 11 is 0. The molecule has 14 heavy (non-hydrogen) atoms. The number of rotatable bonds is 4. The van der Waals surface area contributed by atoms with Gasteiger partial charge in [-0.2, -0.15) is 0 Å². The molecule has 2 unspecified atom stereocenters. The van der Waals surface area contributed by atoms with Crippen LogP contribution in [-0.2, 0) is 11.2 Å². The van der Waals surface area contributed by atoms with Gasteiger partial charge in [0.15, 0.2) is 0 Å². The topological polar surface area (TPSA) is 42.4 Å². The highest BCUT2D eigenvalue weighted by atomic mass is 16.5. The number of aliphatic hydroxyl groups is 1. The smallest absolute Gasteiger partial charge is 0.0917 e. The van der Waals surface area contributed by atoms with E-state index in [4.69, 9.17) is 4.74 Å². The molecule has 0 spiro atoms. The van der Waals surface area contributed by atoms with Crippen LogP contribution in [0.4, 0.5) is 0 Å². The molecule has 78 valence electrons. The summed E-state index contributed by atoms with van der Waals surface area (Å²) in [5, 5.41) is 10.1. The van der Waals surface area contributed by atoms with Crippen LogP contribution in [-0.4, -0.2) is 28.9 Å². The summed E-state index contributed by atoms with van der Waals surface area (Å²) in [6, 6.07) is 3.80. The van der Waals surface area contributed by atoms with Crippen LogP contribution in [0.2, 0.25) is 0 Å². The molecule has 1 heterocycles. The summed E-state index contributed by atoms with van der Waals surface area (Å²) in [6.07, 6.45) is 3.84. The van der Waals surface area contributed by atoms with Crippen LogP contribution < -0.4 is 0 Å². The Kier molecular flexibility index (Phi) is 3.61. The van der Waals surface area contributed by atoms with Gasteiger partial charge in [-0.05, 0) is 31.5 Å². The van der Waals surface area contributed by atoms with Gasteiger partial charge in [0, 0.05) is 25.9 Å². The van der Waals surface area contributed by atoms with E-state index < -0.39 is 5.60 Å². The first-order chi connectivity index (χ1) is 6.56. The molecular formula is C11H17NO2. The number of hydrogen-bond donors (Lipinski definition) is 1. The highest BCUT2D eigenvalue weighted by Crippen LogP contribution is 2.18. The Labute approximate surface area is 84.7 Å². The second-order valence-electron chi connectivity index (χ2n) is 3.77. The zero-order chi connectivity index (χ0) is 10.6. The Morgan fingerprint density at radius 1 is 1.50 bits per heavy atom. The van der Waals surface area contributed by atoms with E-state index in [-0.39, 0.29) is 6.10 Å². The van der Waals surface area contributed by atoms with Gasteiger partial charge < -0.3 is 9.84 Å². The summed E-state index contributed by atoms with van der Waals surface area (Å²) in [5.41, 5.74) is 0.227. The third-order valence-corrected chi connectivity index (χ3v) is 2.54. The number of hydrogen-bond acceptors (Lipinski definition) is 3. The average Bonchev–Trinajstić information content (AvgIpc) is 2.17. The predicted molar refractivity (Wildman–Crippen MR) is 55.0 cm³/mol. The molecule has 0 amide bonds. The minimum absolute atomic E-state index is 0.185. The Bertz CT molecular complexity index is 272. The maximum absolute atomic E-state index is 10.1. The average molecular weight is 195 g/mol. The molecule has 1 aromatic heterocycles. The van der Waals surface area contributed by atoms with Gasteiger partial charge in [-0.25, -0.2) is 0 Å². The maximum atomic E-state index is 10.1. The van der Waals surface area contributed by atoms with Crippen LogP contribution in [0.25, 0.3) is 0 Å². The molecule has 1 N–H and O–H groups in total. The summed E-state index contributed by atoms with van der Waals surface area (Å²) in [4.78, 5) is 3.93. The number of ether oxygens (including phenoxy) is 1. The molecule has 1 aromatic rings. The first kappa shape index (κ1) is 11.1. The highest BCUT2D eigenvalue weighted by Gasteiger charge is 2.28. The molecule has 1 rings (SSSR count). The minimum Gasteiger partial charge on any atom is -0.387 e. The predicted octanol–water partition coefficient (Wildman–Crippen LogP) is 1.41. The fourth-order valence-electron chi connectivity index (χ4n) is 1.31. The van der Waals surface area contributed by atoms with Gasteiger partial charge in [-0.15, -0.1) is 0 Å². The molecular weight excluding hydrogens is 178 g/mol. The van der Waals surface area contributed by atoms with E-state index in [9.17, 15) is 5.11 Å². The normalized spacial score (nSPS) is 17.4. The van der Waals surface area contributed by atoms with Crippen LogP contribution in [0.3, 0.4) is 0 Å². The van der Waals surface area contributed by atoms with Gasteiger partial charge in [0.25, 0.3) is 0 Å². The van der Waals surface area contributed by atoms with E-state index in [0.29, 0.717) is 6.42 Å². The minimum atomic E-state index is -0.837. The molecule has 0 aliphatic heterocycles. The quantitative estimate of drug-likeness (QED) is 0.790. The van der Waals surface area contributed by atoms with E-state index in [1.165, 1.54) is 0 Å². The SMILES string of the molecule is COC(C)C(C)(O)Cc1ccncc1. The van der Waals surface area contributed by atoms with Gasteiger partial charge in [-0.3, -0.25) is 4.98 Å². The van der Waals surface area contributed by atoms with E-state index >= 15 is 0 Å². The Balaban J connectivity index is 2.68. The zero-order valence-electron chi connectivity index (χ0n) is 8.90. The zero-order valence-corrected chi connectivity index (χ0v) is 8.90. The van der Waals surface area contributed by atoms with Gasteiger partial charge in [-0.1, -0.05) is 0 Å². The molecule has 0 aliphatic carbocycles. The van der Waals surface area contributed by atoms with Crippen LogP contribution in [0.1, 0.15) is 19.4 Å². The lowest BCUT2D eigenvalue weighted by Gasteiger charge is -2.29. The van der Waals surface area contributed by atoms with Crippen molar-refractivity contribution in [2.24, 2.45) is 0 Å². The molecule has 0 fully saturated rings. The van der Waals surface area contributed by atoms with Crippen LogP contribution in [0, 0.1) is 0 Å². The largest absolute Gasteiger partial charge is 0.387 e. The van der Waals surface area contributed by atoms with Crippen LogP contribution in [0.15, 0.2) is 24.5 Å². The molecule has 0 bridgehead atoms. The first-order valence-corrected chi connectivity index (χ1v) is 4.70. The van der Waals surface area contributed by atoms with Gasteiger partial charge in [0.2, 0.25) is 0 Å². The second-order valence-corrected chi connectivity index (χ2v) is 3.77. The molecule has 0 saturated heterocycles. The van der Waals surface area contributed by atoms with E-state index in [2.05, 4.69) is 4.98 Å². The summed E-state index contributed by atoms with van der Waals surface area (Å²) in [6.45, 7) is 3.64. The van der Waals surface area contributed by atoms with Crippen molar-refractivity contribution in [1.29, 1.82) is 0 Å². The third kappa shape index (κ3) is 2.79. The number of aromatic nitrogens is 1. The van der Waals surface area contributed by atoms with Crippen molar-refractivity contribution in [3.63, 3.8) is 0 Å². The van der Waals surface area contributed by atoms with Crippen molar-refractivity contribution in [3.8, 4) is 0 Å². The fraction of sp³-hybridized carbons (Fsp3) is 0.545. The van der Waals surface area contributed by atoms with Crippen LogP contribution in [0.5, 0.6) is 0 Å². The Hall–Kier alpha value is -0.930. The number of nitrogens with zero attached hydrogens (tertiary/aromatic N) is 1. The van der Waals surface area contributed by atoms with Crippen molar-refractivity contribution in [3.05, 3.63) is 30.1 Å². The monoisotopic (exact) mass is 195 g/mol. The fourth-order valence-corrected chi connectivity index (χ4v) is 1.31. The second kappa shape index (κ2) is 4.53. The van der Waals surface area contributed by atoms with Crippen molar-refractivity contribution >= 4 is 0 Å². The maximum Gasteiger partial charge on any atom is 0.0917 e. The first-order valence-electron chi connectivity index (χ1n) is 4.70. The van der Waals surface area contributed by atoms with Gasteiger partial charge in [0.05, 0.1) is 11.7 Å². The lowest BCUT2D eigenvalue weighted by molar-refractivity contribution is -0.0715. The number of pyridine rings is 1. The summed E-state index contributed by atoms with van der Waals surface area (Å²) < 4.78 is 5.12. The number of methoxy groups -OCH3 is 1. The van der Waals surface area contributed by atoms with E-state index in [1.807, 2.05) is 19.1 Å². The highest BCUT2D eigenvalue weighted by molar-refractivity contribution is 5.13. The summed E-state index contributed by atoms with van der Waals surface area (Å²) in [5.74, 6) is 0.